The van der Waals surface area contributed by atoms with Gasteiger partial charge in [-0.2, -0.15) is 0 Å². The Labute approximate surface area is 102 Å². The minimum Gasteiger partial charge on any atom is -0.212 e. The molecule has 0 fully saturated rings. The van der Waals surface area contributed by atoms with Gasteiger partial charge in [0.05, 0.1) is 5.75 Å². The van der Waals surface area contributed by atoms with E-state index in [1.807, 2.05) is 19.1 Å². The first-order chi connectivity index (χ1) is 7.43. The van der Waals surface area contributed by atoms with Gasteiger partial charge in [-0.15, -0.1) is 0 Å². The second kappa shape index (κ2) is 5.66. The summed E-state index contributed by atoms with van der Waals surface area (Å²) >= 11 is 5.77. The monoisotopic (exact) mass is 261 g/mol. The molecule has 0 aliphatic heterocycles. The van der Waals surface area contributed by atoms with Crippen molar-refractivity contribution in [2.45, 2.75) is 26.3 Å². The molecule has 1 atom stereocenters. The van der Waals surface area contributed by atoms with Crippen LogP contribution in [0.2, 0.25) is 5.02 Å². The summed E-state index contributed by atoms with van der Waals surface area (Å²) in [4.78, 5) is 0. The van der Waals surface area contributed by atoms with Gasteiger partial charge in [0.25, 0.3) is 0 Å². The van der Waals surface area contributed by atoms with Crippen molar-refractivity contribution >= 4 is 21.6 Å². The van der Waals surface area contributed by atoms with Crippen LogP contribution in [0.3, 0.4) is 0 Å². The fourth-order valence-corrected chi connectivity index (χ4v) is 2.39. The Balaban J connectivity index is 2.58. The van der Waals surface area contributed by atoms with Crippen LogP contribution in [-0.4, -0.2) is 20.2 Å². The summed E-state index contributed by atoms with van der Waals surface area (Å²) in [5.74, 6) is 0.109. The van der Waals surface area contributed by atoms with Gasteiger partial charge in [-0.05, 0) is 38.0 Å². The van der Waals surface area contributed by atoms with Gasteiger partial charge in [-0.3, -0.25) is 0 Å². The van der Waals surface area contributed by atoms with Gasteiger partial charge >= 0.3 is 0 Å². The number of hydrogen-bond donors (Lipinski definition) is 1. The van der Waals surface area contributed by atoms with E-state index >= 15 is 0 Å². The van der Waals surface area contributed by atoms with Crippen molar-refractivity contribution in [3.05, 3.63) is 34.9 Å². The average Bonchev–Trinajstić information content (AvgIpc) is 2.21. The van der Waals surface area contributed by atoms with Crippen LogP contribution in [0.1, 0.15) is 19.4 Å². The lowest BCUT2D eigenvalue weighted by Crippen LogP contribution is -2.35. The van der Waals surface area contributed by atoms with Crippen molar-refractivity contribution in [2.75, 3.05) is 5.75 Å². The molecule has 16 heavy (non-hydrogen) atoms. The maximum absolute atomic E-state index is 11.3. The molecular formula is C11H16ClNO2S. The second-order valence-corrected chi connectivity index (χ2v) is 6.23. The van der Waals surface area contributed by atoms with Gasteiger partial charge in [0, 0.05) is 11.1 Å². The van der Waals surface area contributed by atoms with Crippen LogP contribution in [0.4, 0.5) is 0 Å². The molecule has 0 bridgehead atoms. The van der Waals surface area contributed by atoms with E-state index in [2.05, 4.69) is 4.72 Å². The average molecular weight is 262 g/mol. The van der Waals surface area contributed by atoms with Gasteiger partial charge in [-0.25, -0.2) is 13.1 Å². The third-order valence-electron chi connectivity index (χ3n) is 2.22. The zero-order valence-electron chi connectivity index (χ0n) is 9.40. The fraction of sp³-hybridized carbons (Fsp3) is 0.455. The summed E-state index contributed by atoms with van der Waals surface area (Å²) in [6.07, 6.45) is 0.663. The Morgan fingerprint density at radius 2 is 1.88 bits per heavy atom. The number of nitrogens with one attached hydrogen (secondary N) is 1. The molecule has 0 aromatic heterocycles. The quantitative estimate of drug-likeness (QED) is 0.883. The summed E-state index contributed by atoms with van der Waals surface area (Å²) in [5, 5.41) is 0.686. The van der Waals surface area contributed by atoms with E-state index < -0.39 is 10.0 Å². The highest BCUT2D eigenvalue weighted by molar-refractivity contribution is 7.89. The van der Waals surface area contributed by atoms with Crippen LogP contribution in [0.25, 0.3) is 0 Å². The van der Waals surface area contributed by atoms with Gasteiger partial charge in [0.15, 0.2) is 0 Å². The van der Waals surface area contributed by atoms with Crippen molar-refractivity contribution in [3.8, 4) is 0 Å². The molecule has 1 aromatic rings. The van der Waals surface area contributed by atoms with E-state index in [-0.39, 0.29) is 11.8 Å². The largest absolute Gasteiger partial charge is 0.212 e. The molecule has 0 heterocycles. The van der Waals surface area contributed by atoms with Crippen molar-refractivity contribution in [2.24, 2.45) is 0 Å². The minimum absolute atomic E-state index is 0.105. The topological polar surface area (TPSA) is 46.2 Å². The molecule has 1 rings (SSSR count). The molecule has 0 saturated carbocycles. The number of sulfonamides is 1. The van der Waals surface area contributed by atoms with Crippen molar-refractivity contribution in [1.29, 1.82) is 0 Å². The first kappa shape index (κ1) is 13.5. The summed E-state index contributed by atoms with van der Waals surface area (Å²) in [6.45, 7) is 3.47. The smallest absolute Gasteiger partial charge is 0.211 e. The van der Waals surface area contributed by atoms with E-state index in [0.29, 0.717) is 11.4 Å². The lowest BCUT2D eigenvalue weighted by Gasteiger charge is -2.13. The Kier molecular flexibility index (Phi) is 4.77. The Morgan fingerprint density at radius 3 is 2.38 bits per heavy atom. The Morgan fingerprint density at radius 1 is 1.31 bits per heavy atom. The van der Waals surface area contributed by atoms with Gasteiger partial charge in [-0.1, -0.05) is 23.7 Å². The van der Waals surface area contributed by atoms with Gasteiger partial charge < -0.3 is 0 Å². The van der Waals surface area contributed by atoms with Crippen molar-refractivity contribution in [3.63, 3.8) is 0 Å². The molecule has 0 saturated heterocycles. The minimum atomic E-state index is -3.12. The predicted molar refractivity (Wildman–Crippen MR) is 67.2 cm³/mol. The van der Waals surface area contributed by atoms with E-state index in [0.717, 1.165) is 5.56 Å². The van der Waals surface area contributed by atoms with Crippen LogP contribution in [-0.2, 0) is 16.4 Å². The van der Waals surface area contributed by atoms with Crippen LogP contribution in [0, 0.1) is 0 Å². The maximum Gasteiger partial charge on any atom is 0.211 e. The molecule has 0 spiro atoms. The molecule has 1 aromatic carbocycles. The molecule has 5 heteroatoms. The highest BCUT2D eigenvalue weighted by Gasteiger charge is 2.11. The lowest BCUT2D eigenvalue weighted by atomic mass is 10.1. The molecule has 0 aliphatic carbocycles. The molecule has 1 N–H and O–H groups in total. The molecule has 0 radical (unpaired) electrons. The van der Waals surface area contributed by atoms with Crippen LogP contribution >= 0.6 is 11.6 Å². The third-order valence-corrected chi connectivity index (χ3v) is 3.99. The van der Waals surface area contributed by atoms with Gasteiger partial charge in [0.1, 0.15) is 0 Å². The van der Waals surface area contributed by atoms with E-state index in [9.17, 15) is 8.42 Å². The highest BCUT2D eigenvalue weighted by Crippen LogP contribution is 2.11. The Hall–Kier alpha value is -0.580. The summed E-state index contributed by atoms with van der Waals surface area (Å²) in [7, 11) is -3.12. The molecule has 0 amide bonds. The van der Waals surface area contributed by atoms with Crippen LogP contribution in [0.5, 0.6) is 0 Å². The third kappa shape index (κ3) is 4.51. The second-order valence-electron chi connectivity index (χ2n) is 3.75. The highest BCUT2D eigenvalue weighted by atomic mass is 35.5. The first-order valence-electron chi connectivity index (χ1n) is 5.17. The number of benzene rings is 1. The zero-order chi connectivity index (χ0) is 12.2. The van der Waals surface area contributed by atoms with E-state index in [4.69, 9.17) is 11.6 Å². The number of rotatable bonds is 5. The molecule has 0 aliphatic rings. The fourth-order valence-electron chi connectivity index (χ4n) is 1.41. The molecule has 90 valence electrons. The standard InChI is InChI=1S/C11H16ClNO2S/c1-3-16(14,15)13-9(2)8-10-4-6-11(12)7-5-10/h4-7,9,13H,3,8H2,1-2H3. The van der Waals surface area contributed by atoms with E-state index in [1.54, 1.807) is 19.1 Å². The number of hydrogen-bond acceptors (Lipinski definition) is 2. The van der Waals surface area contributed by atoms with E-state index in [1.165, 1.54) is 0 Å². The van der Waals surface area contributed by atoms with Crippen LogP contribution in [0.15, 0.2) is 24.3 Å². The summed E-state index contributed by atoms with van der Waals surface area (Å²) in [5.41, 5.74) is 1.07. The summed E-state index contributed by atoms with van der Waals surface area (Å²) in [6, 6.07) is 7.31. The normalized spacial score (nSPS) is 13.7. The SMILES string of the molecule is CCS(=O)(=O)NC(C)Cc1ccc(Cl)cc1. The maximum atomic E-state index is 11.3. The first-order valence-corrected chi connectivity index (χ1v) is 7.20. The molecule has 3 nitrogen and oxygen atoms in total. The van der Waals surface area contributed by atoms with Crippen LogP contribution < -0.4 is 4.72 Å². The lowest BCUT2D eigenvalue weighted by molar-refractivity contribution is 0.561. The molecular weight excluding hydrogens is 246 g/mol. The van der Waals surface area contributed by atoms with Gasteiger partial charge in [0.2, 0.25) is 10.0 Å². The number of halogens is 1. The Bertz CT molecular complexity index is 428. The van der Waals surface area contributed by atoms with Crippen molar-refractivity contribution in [1.82, 2.24) is 4.72 Å². The summed E-state index contributed by atoms with van der Waals surface area (Å²) < 4.78 is 25.3. The van der Waals surface area contributed by atoms with Crippen molar-refractivity contribution < 1.29 is 8.42 Å². The zero-order valence-corrected chi connectivity index (χ0v) is 11.0. The predicted octanol–water partition coefficient (Wildman–Crippen LogP) is 2.21. The molecule has 1 unspecified atom stereocenters.